The molecule has 0 saturated carbocycles. The van der Waals surface area contributed by atoms with E-state index in [1.54, 1.807) is 19.9 Å². The van der Waals surface area contributed by atoms with Crippen molar-refractivity contribution in [2.75, 3.05) is 6.54 Å². The Morgan fingerprint density at radius 3 is 2.89 bits per heavy atom. The molecule has 0 radical (unpaired) electrons. The first-order valence-corrected chi connectivity index (χ1v) is 10.2. The van der Waals surface area contributed by atoms with E-state index in [-0.39, 0.29) is 48.3 Å². The van der Waals surface area contributed by atoms with Gasteiger partial charge in [0.2, 0.25) is 0 Å². The van der Waals surface area contributed by atoms with Crippen LogP contribution in [0, 0.1) is 5.92 Å². The van der Waals surface area contributed by atoms with E-state index in [4.69, 9.17) is 16.3 Å². The minimum absolute atomic E-state index is 0.0987. The quantitative estimate of drug-likeness (QED) is 0.653. The van der Waals surface area contributed by atoms with Crippen LogP contribution in [0.15, 0.2) is 27.7 Å². The Bertz CT molecular complexity index is 976. The molecule has 0 unspecified atom stereocenters. The van der Waals surface area contributed by atoms with Gasteiger partial charge in [-0.05, 0) is 41.0 Å². The van der Waals surface area contributed by atoms with Crippen molar-refractivity contribution in [3.8, 4) is 0 Å². The van der Waals surface area contributed by atoms with Crippen LogP contribution in [0.25, 0.3) is 10.9 Å². The third-order valence-corrected chi connectivity index (χ3v) is 5.88. The predicted octanol–water partition coefficient (Wildman–Crippen LogP) is 2.70. The highest BCUT2D eigenvalue weighted by Gasteiger charge is 2.32. The van der Waals surface area contributed by atoms with E-state index in [9.17, 15) is 14.4 Å². The normalized spacial score (nSPS) is 19.3. The Balaban J connectivity index is 1.71. The first-order chi connectivity index (χ1) is 13.3. The van der Waals surface area contributed by atoms with Gasteiger partial charge < -0.3 is 10.1 Å². The number of esters is 1. The number of nitrogens with zero attached hydrogens (tertiary/aromatic N) is 2. The fourth-order valence-corrected chi connectivity index (χ4v) is 3.63. The average Bonchev–Trinajstić information content (AvgIpc) is 3.05. The van der Waals surface area contributed by atoms with Crippen molar-refractivity contribution in [2.45, 2.75) is 45.4 Å². The number of carbonyl (C=O) groups excluding carboxylic acids is 2. The molecular formula is C19H21BrClN3O4. The van der Waals surface area contributed by atoms with E-state index in [0.29, 0.717) is 33.4 Å². The number of halogens is 2. The molecule has 0 amide bonds. The van der Waals surface area contributed by atoms with Gasteiger partial charge in [-0.1, -0.05) is 25.4 Å². The lowest BCUT2D eigenvalue weighted by atomic mass is 10.1. The standard InChI is InChI=1S/C19H21BrClN3O4/c1-10(2)19(27)28-17-3-4-22-16(17)5-11(25)8-24-9-23-15-7-13(20)14(21)6-12(15)18(24)26/h6-7,9-10,16-17,22H,3-5,8H2,1-2H3/t16-,17+/m0/s1. The number of hydrogen-bond donors (Lipinski definition) is 1. The Hall–Kier alpha value is -1.77. The summed E-state index contributed by atoms with van der Waals surface area (Å²) < 4.78 is 7.42. The summed E-state index contributed by atoms with van der Waals surface area (Å²) in [7, 11) is 0. The minimum atomic E-state index is -0.332. The maximum Gasteiger partial charge on any atom is 0.308 e. The first-order valence-electron chi connectivity index (χ1n) is 9.06. The van der Waals surface area contributed by atoms with Crippen LogP contribution in [0.4, 0.5) is 0 Å². The van der Waals surface area contributed by atoms with E-state index < -0.39 is 0 Å². The molecule has 1 fully saturated rings. The summed E-state index contributed by atoms with van der Waals surface area (Å²) in [5.74, 6) is -0.633. The van der Waals surface area contributed by atoms with Gasteiger partial charge in [0, 0.05) is 10.9 Å². The topological polar surface area (TPSA) is 90.3 Å². The van der Waals surface area contributed by atoms with Gasteiger partial charge in [0.05, 0.1) is 40.8 Å². The van der Waals surface area contributed by atoms with Crippen LogP contribution in [-0.2, 0) is 20.9 Å². The third kappa shape index (κ3) is 4.61. The third-order valence-electron chi connectivity index (χ3n) is 4.68. The first kappa shape index (κ1) is 21.0. The lowest BCUT2D eigenvalue weighted by Crippen LogP contribution is -2.37. The minimum Gasteiger partial charge on any atom is -0.460 e. The van der Waals surface area contributed by atoms with Crippen molar-refractivity contribution in [1.29, 1.82) is 0 Å². The highest BCUT2D eigenvalue weighted by Crippen LogP contribution is 2.25. The summed E-state index contributed by atoms with van der Waals surface area (Å²) in [6, 6.07) is 2.96. The van der Waals surface area contributed by atoms with Gasteiger partial charge in [-0.2, -0.15) is 0 Å². The Morgan fingerprint density at radius 2 is 2.18 bits per heavy atom. The predicted molar refractivity (Wildman–Crippen MR) is 109 cm³/mol. The summed E-state index contributed by atoms with van der Waals surface area (Å²) >= 11 is 9.37. The average molecular weight is 471 g/mol. The molecule has 2 aromatic rings. The van der Waals surface area contributed by atoms with Crippen molar-refractivity contribution < 1.29 is 14.3 Å². The molecule has 7 nitrogen and oxygen atoms in total. The number of ether oxygens (including phenoxy) is 1. The van der Waals surface area contributed by atoms with E-state index >= 15 is 0 Å². The van der Waals surface area contributed by atoms with Crippen LogP contribution in [-0.4, -0.2) is 40.0 Å². The lowest BCUT2D eigenvalue weighted by Gasteiger charge is -2.20. The van der Waals surface area contributed by atoms with Gasteiger partial charge in [0.1, 0.15) is 6.10 Å². The molecule has 1 aromatic carbocycles. The van der Waals surface area contributed by atoms with Crippen LogP contribution in [0.2, 0.25) is 5.02 Å². The molecule has 1 saturated heterocycles. The molecule has 0 spiro atoms. The number of hydrogen-bond acceptors (Lipinski definition) is 6. The van der Waals surface area contributed by atoms with E-state index in [2.05, 4.69) is 26.2 Å². The molecule has 0 aliphatic carbocycles. The molecule has 28 heavy (non-hydrogen) atoms. The van der Waals surface area contributed by atoms with Crippen LogP contribution in [0.1, 0.15) is 26.7 Å². The van der Waals surface area contributed by atoms with E-state index in [0.717, 1.165) is 0 Å². The number of rotatable bonds is 6. The highest BCUT2D eigenvalue weighted by molar-refractivity contribution is 9.10. The van der Waals surface area contributed by atoms with Gasteiger partial charge >= 0.3 is 5.97 Å². The molecular weight excluding hydrogens is 450 g/mol. The van der Waals surface area contributed by atoms with Gasteiger partial charge in [0.25, 0.3) is 5.56 Å². The van der Waals surface area contributed by atoms with Crippen molar-refractivity contribution >= 4 is 50.2 Å². The number of ketones is 1. The summed E-state index contributed by atoms with van der Waals surface area (Å²) in [6.07, 6.45) is 1.87. The summed E-state index contributed by atoms with van der Waals surface area (Å²) in [6.45, 7) is 4.13. The highest BCUT2D eigenvalue weighted by atomic mass is 79.9. The number of carbonyl (C=O) groups is 2. The van der Waals surface area contributed by atoms with Crippen LogP contribution in [0.3, 0.4) is 0 Å². The second-order valence-electron chi connectivity index (χ2n) is 7.18. The number of aromatic nitrogens is 2. The molecule has 3 rings (SSSR count). The van der Waals surface area contributed by atoms with Crippen molar-refractivity contribution in [1.82, 2.24) is 14.9 Å². The van der Waals surface area contributed by atoms with Crippen LogP contribution >= 0.6 is 27.5 Å². The number of Topliss-reactive ketones (excluding diaryl/α,β-unsaturated/α-hetero) is 1. The number of benzene rings is 1. The summed E-state index contributed by atoms with van der Waals surface area (Å²) in [5.41, 5.74) is 0.179. The zero-order chi connectivity index (χ0) is 20.4. The molecule has 1 aliphatic rings. The number of fused-ring (bicyclic) bond motifs is 1. The van der Waals surface area contributed by atoms with Gasteiger partial charge in [-0.15, -0.1) is 0 Å². The van der Waals surface area contributed by atoms with Crippen LogP contribution in [0.5, 0.6) is 0 Å². The van der Waals surface area contributed by atoms with Crippen molar-refractivity contribution in [3.05, 3.63) is 38.3 Å². The summed E-state index contributed by atoms with van der Waals surface area (Å²) in [5, 5.41) is 3.96. The maximum atomic E-state index is 12.7. The molecule has 9 heteroatoms. The maximum absolute atomic E-state index is 12.7. The summed E-state index contributed by atoms with van der Waals surface area (Å²) in [4.78, 5) is 41.3. The zero-order valence-corrected chi connectivity index (χ0v) is 17.9. The van der Waals surface area contributed by atoms with Crippen molar-refractivity contribution in [3.63, 3.8) is 0 Å². The molecule has 0 bridgehead atoms. The van der Waals surface area contributed by atoms with Gasteiger partial charge in [-0.3, -0.25) is 19.0 Å². The Morgan fingerprint density at radius 1 is 1.43 bits per heavy atom. The second-order valence-corrected chi connectivity index (χ2v) is 8.44. The van der Waals surface area contributed by atoms with Gasteiger partial charge in [0.15, 0.2) is 5.78 Å². The van der Waals surface area contributed by atoms with Crippen LogP contribution < -0.4 is 10.9 Å². The molecule has 150 valence electrons. The Kier molecular flexibility index (Phi) is 6.52. The van der Waals surface area contributed by atoms with E-state index in [1.165, 1.54) is 17.0 Å². The fraction of sp³-hybridized carbons (Fsp3) is 0.474. The fourth-order valence-electron chi connectivity index (χ4n) is 3.14. The molecule has 1 aromatic heterocycles. The second kappa shape index (κ2) is 8.71. The molecule has 2 heterocycles. The lowest BCUT2D eigenvalue weighted by molar-refractivity contribution is -0.153. The SMILES string of the molecule is CC(C)C(=O)O[C@@H]1CCN[C@H]1CC(=O)Cn1cnc2cc(Br)c(Cl)cc2c1=O. The molecule has 1 aliphatic heterocycles. The van der Waals surface area contributed by atoms with Crippen molar-refractivity contribution in [2.24, 2.45) is 5.92 Å². The monoisotopic (exact) mass is 469 g/mol. The largest absolute Gasteiger partial charge is 0.460 e. The number of nitrogens with one attached hydrogen (secondary N) is 1. The molecule has 1 N–H and O–H groups in total. The Labute approximate surface area is 175 Å². The molecule has 2 atom stereocenters. The zero-order valence-electron chi connectivity index (χ0n) is 15.6. The van der Waals surface area contributed by atoms with Gasteiger partial charge in [-0.25, -0.2) is 4.98 Å². The van der Waals surface area contributed by atoms with E-state index in [1.807, 2.05) is 0 Å². The smallest absolute Gasteiger partial charge is 0.308 e.